The quantitative estimate of drug-likeness (QED) is 0.412. The minimum absolute atomic E-state index is 0.952. The molecule has 0 aromatic heterocycles. The van der Waals surface area contributed by atoms with Gasteiger partial charge in [-0.2, -0.15) is 0 Å². The number of nitrogens with zero attached hydrogens (tertiary/aromatic N) is 1. The van der Waals surface area contributed by atoms with Crippen molar-refractivity contribution in [2.24, 2.45) is 4.40 Å². The van der Waals surface area contributed by atoms with Gasteiger partial charge in [0, 0.05) is 5.71 Å². The van der Waals surface area contributed by atoms with Gasteiger partial charge in [0.1, 0.15) is 0 Å². The van der Waals surface area contributed by atoms with Crippen LogP contribution in [0.5, 0.6) is 0 Å². The Balaban J connectivity index is 3.89. The number of rotatable bonds is 1. The monoisotopic (exact) mass is 129 g/mol. The summed E-state index contributed by atoms with van der Waals surface area (Å²) in [4.78, 5) is 0. The molecule has 46 valence electrons. The zero-order chi connectivity index (χ0) is 6.57. The third kappa shape index (κ3) is 3.93. The summed E-state index contributed by atoms with van der Waals surface area (Å²) < 4.78 is 3.66. The number of hydrogen-bond acceptors (Lipinski definition) is 2. The molecule has 0 N–H and O–H groups in total. The molecule has 1 nitrogen and oxygen atoms in total. The van der Waals surface area contributed by atoms with Crippen molar-refractivity contribution >= 4 is 18.5 Å². The van der Waals surface area contributed by atoms with Crippen molar-refractivity contribution in [1.29, 1.82) is 0 Å². The van der Waals surface area contributed by atoms with Gasteiger partial charge in [0.05, 0.1) is 0 Å². The highest BCUT2D eigenvalue weighted by Gasteiger charge is 1.79. The highest BCUT2D eigenvalue weighted by molar-refractivity contribution is 7.79. The molecule has 0 bridgehead atoms. The molecule has 0 radical (unpaired) electrons. The van der Waals surface area contributed by atoms with Crippen molar-refractivity contribution in [2.75, 3.05) is 0 Å². The van der Waals surface area contributed by atoms with Crippen LogP contribution in [0.25, 0.3) is 0 Å². The molecule has 0 saturated carbocycles. The Labute approximate surface area is 56.1 Å². The van der Waals surface area contributed by atoms with Gasteiger partial charge in [0.2, 0.25) is 0 Å². The van der Waals surface area contributed by atoms with Crippen LogP contribution in [0, 0.1) is 0 Å². The first kappa shape index (κ1) is 7.76. The molecular weight excluding hydrogens is 118 g/mol. The van der Waals surface area contributed by atoms with Gasteiger partial charge in [0.25, 0.3) is 0 Å². The fourth-order valence-electron chi connectivity index (χ4n) is 0.447. The van der Waals surface area contributed by atoms with Crippen LogP contribution in [-0.2, 0) is 0 Å². The lowest BCUT2D eigenvalue weighted by Crippen LogP contribution is -1.81. The molecule has 2 heteroatoms. The maximum atomic E-state index is 3.73. The molecular formula is C6H11NS. The fourth-order valence-corrected chi connectivity index (χ4v) is 0.504. The molecule has 0 amide bonds. The van der Waals surface area contributed by atoms with Crippen LogP contribution < -0.4 is 0 Å². The maximum Gasteiger partial charge on any atom is 0.0452 e. The summed E-state index contributed by atoms with van der Waals surface area (Å²) in [5.74, 6) is 0. The Morgan fingerprint density at radius 3 is 2.00 bits per heavy atom. The van der Waals surface area contributed by atoms with Crippen LogP contribution >= 0.6 is 12.8 Å². The second-order valence-electron chi connectivity index (χ2n) is 1.96. The predicted octanol–water partition coefficient (Wildman–Crippen LogP) is 2.26. The van der Waals surface area contributed by atoms with Crippen LogP contribution in [0.3, 0.4) is 0 Å². The fraction of sp³-hybridized carbons (Fsp3) is 0.500. The zero-order valence-corrected chi connectivity index (χ0v) is 6.37. The first-order valence-corrected chi connectivity index (χ1v) is 2.90. The number of thiol groups is 1. The third-order valence-electron chi connectivity index (χ3n) is 0.655. The smallest absolute Gasteiger partial charge is 0.0452 e. The van der Waals surface area contributed by atoms with Crippen LogP contribution in [0.4, 0.5) is 0 Å². The summed E-state index contributed by atoms with van der Waals surface area (Å²) in [5, 5.41) is 0. The normalized spacial score (nSPS) is 11.2. The Kier molecular flexibility index (Phi) is 3.61. The lowest BCUT2D eigenvalue weighted by atomic mass is 10.3. The van der Waals surface area contributed by atoms with Gasteiger partial charge >= 0.3 is 0 Å². The molecule has 0 fully saturated rings. The van der Waals surface area contributed by atoms with E-state index in [1.54, 1.807) is 0 Å². The van der Waals surface area contributed by atoms with Crippen molar-refractivity contribution in [1.82, 2.24) is 0 Å². The van der Waals surface area contributed by atoms with Gasteiger partial charge in [-0.15, -0.1) is 0 Å². The Bertz CT molecular complexity index is 120. The third-order valence-corrected chi connectivity index (χ3v) is 0.971. The molecule has 0 aromatic rings. The van der Waals surface area contributed by atoms with Gasteiger partial charge < -0.3 is 0 Å². The molecule has 0 aliphatic heterocycles. The summed E-state index contributed by atoms with van der Waals surface area (Å²) in [6, 6.07) is 0. The van der Waals surface area contributed by atoms with Crippen molar-refractivity contribution in [2.45, 2.75) is 20.8 Å². The van der Waals surface area contributed by atoms with E-state index < -0.39 is 0 Å². The van der Waals surface area contributed by atoms with E-state index >= 15 is 0 Å². The highest BCUT2D eigenvalue weighted by atomic mass is 32.1. The molecule has 0 heterocycles. The maximum absolute atomic E-state index is 3.73. The molecule has 0 rings (SSSR count). The van der Waals surface area contributed by atoms with Crippen molar-refractivity contribution in [3.05, 3.63) is 11.6 Å². The van der Waals surface area contributed by atoms with Gasteiger partial charge in [-0.1, -0.05) is 5.57 Å². The van der Waals surface area contributed by atoms with Crippen molar-refractivity contribution < 1.29 is 0 Å². The molecule has 8 heavy (non-hydrogen) atoms. The lowest BCUT2D eigenvalue weighted by Gasteiger charge is -1.86. The summed E-state index contributed by atoms with van der Waals surface area (Å²) in [6.45, 7) is 5.98. The average molecular weight is 129 g/mol. The molecule has 0 saturated heterocycles. The number of allylic oxidation sites excluding steroid dienone is 2. The highest BCUT2D eigenvalue weighted by Crippen LogP contribution is 1.91. The second-order valence-corrected chi connectivity index (χ2v) is 2.16. The molecule has 0 aliphatic rings. The van der Waals surface area contributed by atoms with E-state index in [9.17, 15) is 0 Å². The first-order valence-electron chi connectivity index (χ1n) is 2.50. The summed E-state index contributed by atoms with van der Waals surface area (Å²) in [6.07, 6.45) is 1.98. The van der Waals surface area contributed by atoms with Crippen molar-refractivity contribution in [3.8, 4) is 0 Å². The van der Waals surface area contributed by atoms with Gasteiger partial charge in [0.15, 0.2) is 0 Å². The van der Waals surface area contributed by atoms with Gasteiger partial charge in [-0.05, 0) is 39.7 Å². The predicted molar refractivity (Wildman–Crippen MR) is 41.5 cm³/mol. The van der Waals surface area contributed by atoms with Gasteiger partial charge in [-0.3, -0.25) is 0 Å². The molecule has 0 spiro atoms. The van der Waals surface area contributed by atoms with Crippen LogP contribution in [-0.4, -0.2) is 5.71 Å². The van der Waals surface area contributed by atoms with E-state index in [0.717, 1.165) is 5.71 Å². The Morgan fingerprint density at radius 1 is 1.38 bits per heavy atom. The summed E-state index contributed by atoms with van der Waals surface area (Å²) >= 11 is 3.73. The Hall–Kier alpha value is -0.240. The molecule has 0 aliphatic carbocycles. The molecule has 0 unspecified atom stereocenters. The SMILES string of the molecule is CC(C)=CC(C)=NS. The van der Waals surface area contributed by atoms with E-state index in [2.05, 4.69) is 17.2 Å². The topological polar surface area (TPSA) is 12.4 Å². The largest absolute Gasteiger partial charge is 0.225 e. The van der Waals surface area contributed by atoms with Crippen LogP contribution in [0.2, 0.25) is 0 Å². The van der Waals surface area contributed by atoms with Crippen LogP contribution in [0.1, 0.15) is 20.8 Å². The summed E-state index contributed by atoms with van der Waals surface area (Å²) in [5.41, 5.74) is 2.20. The van der Waals surface area contributed by atoms with E-state index in [0.29, 0.717) is 0 Å². The zero-order valence-electron chi connectivity index (χ0n) is 5.47. The van der Waals surface area contributed by atoms with E-state index in [4.69, 9.17) is 0 Å². The first-order chi connectivity index (χ1) is 3.66. The van der Waals surface area contributed by atoms with E-state index in [1.165, 1.54) is 5.57 Å². The molecule has 0 atom stereocenters. The Morgan fingerprint density at radius 2 is 1.88 bits per heavy atom. The van der Waals surface area contributed by atoms with Gasteiger partial charge in [-0.25, -0.2) is 4.40 Å². The lowest BCUT2D eigenvalue weighted by molar-refractivity contribution is 1.40. The number of hydrogen-bond donors (Lipinski definition) is 1. The van der Waals surface area contributed by atoms with E-state index in [1.807, 2.05) is 26.8 Å². The van der Waals surface area contributed by atoms with Crippen LogP contribution in [0.15, 0.2) is 16.0 Å². The van der Waals surface area contributed by atoms with Crippen molar-refractivity contribution in [3.63, 3.8) is 0 Å². The minimum atomic E-state index is 0.952. The van der Waals surface area contributed by atoms with E-state index in [-0.39, 0.29) is 0 Å². The second kappa shape index (κ2) is 3.72. The minimum Gasteiger partial charge on any atom is -0.225 e. The molecule has 0 aromatic carbocycles. The summed E-state index contributed by atoms with van der Waals surface area (Å²) in [7, 11) is 0. The average Bonchev–Trinajstić information content (AvgIpc) is 1.65. The standard InChI is InChI=1S/C6H11NS/c1-5(2)4-6(3)7-8/h4,8H,1-3H3.